The number of hydrogen-bond donors (Lipinski definition) is 2. The molecule has 108 valence electrons. The Morgan fingerprint density at radius 1 is 1.21 bits per heavy atom. The first-order valence-corrected chi connectivity index (χ1v) is 7.15. The van der Waals surface area contributed by atoms with Crippen molar-refractivity contribution in [2.24, 2.45) is 0 Å². The lowest BCUT2D eigenvalue weighted by atomic mass is 10.1. The maximum atomic E-state index is 11.9. The highest BCUT2D eigenvalue weighted by Crippen LogP contribution is 2.09. The molecule has 0 radical (unpaired) electrons. The molecule has 2 N–H and O–H groups in total. The fraction of sp³-hybridized carbons (Fsp3) is 0.846. The van der Waals surface area contributed by atoms with E-state index in [0.717, 1.165) is 32.4 Å². The average Bonchev–Trinajstić information content (AvgIpc) is 2.92. The largest absolute Gasteiger partial charge is 0.379 e. The molecule has 2 heterocycles. The minimum absolute atomic E-state index is 0.109. The number of ether oxygens (including phenoxy) is 1. The number of nitrogens with one attached hydrogen (secondary N) is 2. The summed E-state index contributed by atoms with van der Waals surface area (Å²) < 4.78 is 5.18. The maximum absolute atomic E-state index is 11.9. The van der Waals surface area contributed by atoms with Gasteiger partial charge in [0.05, 0.1) is 12.6 Å². The van der Waals surface area contributed by atoms with Crippen LogP contribution < -0.4 is 10.6 Å². The number of nitrogens with zero attached hydrogens (tertiary/aromatic N) is 1. The van der Waals surface area contributed by atoms with E-state index >= 15 is 0 Å². The molecule has 2 aliphatic rings. The van der Waals surface area contributed by atoms with E-state index in [1.54, 1.807) is 0 Å². The van der Waals surface area contributed by atoms with Crippen molar-refractivity contribution in [1.29, 1.82) is 0 Å². The zero-order valence-electron chi connectivity index (χ0n) is 11.3. The fourth-order valence-corrected chi connectivity index (χ4v) is 2.47. The molecule has 0 spiro atoms. The van der Waals surface area contributed by atoms with E-state index in [2.05, 4.69) is 10.6 Å². The predicted molar refractivity (Wildman–Crippen MR) is 70.8 cm³/mol. The Labute approximate surface area is 113 Å². The van der Waals surface area contributed by atoms with Gasteiger partial charge in [-0.25, -0.2) is 4.79 Å². The second kappa shape index (κ2) is 7.33. The maximum Gasteiger partial charge on any atom is 0.315 e. The van der Waals surface area contributed by atoms with Gasteiger partial charge in [-0.15, -0.1) is 0 Å². The molecule has 2 fully saturated rings. The first kappa shape index (κ1) is 14.1. The van der Waals surface area contributed by atoms with Gasteiger partial charge < -0.3 is 20.3 Å². The van der Waals surface area contributed by atoms with Gasteiger partial charge in [0.25, 0.3) is 0 Å². The van der Waals surface area contributed by atoms with E-state index in [4.69, 9.17) is 4.74 Å². The normalized spacial score (nSPS) is 23.2. The SMILES string of the molecule is O=C(NCCC(=O)N1CCCCC1)NC1CCOC1. The van der Waals surface area contributed by atoms with Crippen molar-refractivity contribution in [3.63, 3.8) is 0 Å². The highest BCUT2D eigenvalue weighted by molar-refractivity contribution is 5.78. The van der Waals surface area contributed by atoms with Crippen LogP contribution in [-0.4, -0.2) is 55.7 Å². The summed E-state index contributed by atoms with van der Waals surface area (Å²) in [6, 6.07) is -0.0975. The minimum atomic E-state index is -0.207. The van der Waals surface area contributed by atoms with Crippen LogP contribution in [0.1, 0.15) is 32.1 Å². The standard InChI is InChI=1S/C13H23N3O3/c17-12(16-7-2-1-3-8-16)4-6-14-13(18)15-11-5-9-19-10-11/h11H,1-10H2,(H2,14,15,18). The van der Waals surface area contributed by atoms with Crippen LogP contribution in [0.4, 0.5) is 4.79 Å². The first-order valence-electron chi connectivity index (χ1n) is 7.15. The van der Waals surface area contributed by atoms with Gasteiger partial charge >= 0.3 is 6.03 Å². The van der Waals surface area contributed by atoms with Gasteiger partial charge in [0.2, 0.25) is 5.91 Å². The summed E-state index contributed by atoms with van der Waals surface area (Å²) in [5, 5.41) is 5.56. The number of amides is 3. The summed E-state index contributed by atoms with van der Waals surface area (Å²) in [7, 11) is 0. The lowest BCUT2D eigenvalue weighted by molar-refractivity contribution is -0.131. The van der Waals surface area contributed by atoms with Crippen LogP contribution in [0.3, 0.4) is 0 Å². The monoisotopic (exact) mass is 269 g/mol. The summed E-state index contributed by atoms with van der Waals surface area (Å²) in [4.78, 5) is 25.3. The van der Waals surface area contributed by atoms with Crippen LogP contribution in [-0.2, 0) is 9.53 Å². The molecule has 6 nitrogen and oxygen atoms in total. The van der Waals surface area contributed by atoms with Gasteiger partial charge in [-0.1, -0.05) is 0 Å². The summed E-state index contributed by atoms with van der Waals surface area (Å²) in [5.41, 5.74) is 0. The second-order valence-electron chi connectivity index (χ2n) is 5.15. The predicted octanol–water partition coefficient (Wildman–Crippen LogP) is 0.477. The van der Waals surface area contributed by atoms with E-state index in [1.165, 1.54) is 6.42 Å². The van der Waals surface area contributed by atoms with Crippen LogP contribution in [0.25, 0.3) is 0 Å². The molecule has 2 aliphatic heterocycles. The second-order valence-corrected chi connectivity index (χ2v) is 5.15. The zero-order chi connectivity index (χ0) is 13.5. The number of carbonyl (C=O) groups is 2. The third-order valence-corrected chi connectivity index (χ3v) is 3.60. The summed E-state index contributed by atoms with van der Waals surface area (Å²) >= 11 is 0. The van der Waals surface area contributed by atoms with Gasteiger partial charge in [-0.2, -0.15) is 0 Å². The molecule has 0 aliphatic carbocycles. The van der Waals surface area contributed by atoms with E-state index in [-0.39, 0.29) is 18.0 Å². The van der Waals surface area contributed by atoms with E-state index < -0.39 is 0 Å². The van der Waals surface area contributed by atoms with Crippen LogP contribution in [0.15, 0.2) is 0 Å². The van der Waals surface area contributed by atoms with Gasteiger partial charge in [-0.3, -0.25) is 4.79 Å². The van der Waals surface area contributed by atoms with E-state index in [9.17, 15) is 9.59 Å². The van der Waals surface area contributed by atoms with Crippen LogP contribution in [0.2, 0.25) is 0 Å². The summed E-state index contributed by atoms with van der Waals surface area (Å²) in [6.07, 6.45) is 4.66. The van der Waals surface area contributed by atoms with Crippen LogP contribution in [0, 0.1) is 0 Å². The molecule has 1 atom stereocenters. The van der Waals surface area contributed by atoms with E-state index in [1.807, 2.05) is 4.90 Å². The number of carbonyl (C=O) groups excluding carboxylic acids is 2. The molecule has 0 aromatic carbocycles. The Morgan fingerprint density at radius 2 is 2.00 bits per heavy atom. The van der Waals surface area contributed by atoms with Crippen molar-refractivity contribution in [2.45, 2.75) is 38.1 Å². The quantitative estimate of drug-likeness (QED) is 0.779. The molecule has 19 heavy (non-hydrogen) atoms. The van der Waals surface area contributed by atoms with Crippen LogP contribution in [0.5, 0.6) is 0 Å². The van der Waals surface area contributed by atoms with Gasteiger partial charge in [-0.05, 0) is 25.7 Å². The summed E-state index contributed by atoms with van der Waals surface area (Å²) in [6.45, 7) is 3.42. The number of hydrogen-bond acceptors (Lipinski definition) is 3. The molecule has 3 amide bonds. The van der Waals surface area contributed by atoms with Gasteiger partial charge in [0.1, 0.15) is 0 Å². The highest BCUT2D eigenvalue weighted by Gasteiger charge is 2.18. The lowest BCUT2D eigenvalue weighted by Gasteiger charge is -2.26. The number of urea groups is 1. The third kappa shape index (κ3) is 4.70. The van der Waals surface area contributed by atoms with Crippen molar-refractivity contribution in [2.75, 3.05) is 32.8 Å². The average molecular weight is 269 g/mol. The number of piperidine rings is 1. The molecule has 2 rings (SSSR count). The Balaban J connectivity index is 1.57. The molecule has 0 aromatic heterocycles. The molecule has 0 saturated carbocycles. The molecule has 0 bridgehead atoms. The van der Waals surface area contributed by atoms with Crippen molar-refractivity contribution in [3.05, 3.63) is 0 Å². The Bertz CT molecular complexity index is 310. The minimum Gasteiger partial charge on any atom is -0.379 e. The fourth-order valence-electron chi connectivity index (χ4n) is 2.47. The number of likely N-dealkylation sites (tertiary alicyclic amines) is 1. The first-order chi connectivity index (χ1) is 9.25. The number of rotatable bonds is 4. The highest BCUT2D eigenvalue weighted by atomic mass is 16.5. The molecule has 2 saturated heterocycles. The molecular formula is C13H23N3O3. The Morgan fingerprint density at radius 3 is 2.68 bits per heavy atom. The topological polar surface area (TPSA) is 70.7 Å². The molecule has 0 aromatic rings. The van der Waals surface area contributed by atoms with Gasteiger partial charge in [0, 0.05) is 32.7 Å². The Kier molecular flexibility index (Phi) is 5.44. The van der Waals surface area contributed by atoms with E-state index in [0.29, 0.717) is 26.2 Å². The molecular weight excluding hydrogens is 246 g/mol. The summed E-state index contributed by atoms with van der Waals surface area (Å²) in [5.74, 6) is 0.143. The van der Waals surface area contributed by atoms with Crippen molar-refractivity contribution in [1.82, 2.24) is 15.5 Å². The Hall–Kier alpha value is -1.30. The zero-order valence-corrected chi connectivity index (χ0v) is 11.3. The van der Waals surface area contributed by atoms with Crippen molar-refractivity contribution >= 4 is 11.9 Å². The van der Waals surface area contributed by atoms with Crippen molar-refractivity contribution < 1.29 is 14.3 Å². The van der Waals surface area contributed by atoms with Crippen molar-refractivity contribution in [3.8, 4) is 0 Å². The molecule has 1 unspecified atom stereocenters. The van der Waals surface area contributed by atoms with Crippen LogP contribution >= 0.6 is 0 Å². The third-order valence-electron chi connectivity index (χ3n) is 3.60. The lowest BCUT2D eigenvalue weighted by Crippen LogP contribution is -2.44. The smallest absolute Gasteiger partial charge is 0.315 e. The van der Waals surface area contributed by atoms with Gasteiger partial charge in [0.15, 0.2) is 0 Å². The molecule has 6 heteroatoms.